The molecule has 1 N–H and O–H groups in total. The van der Waals surface area contributed by atoms with Crippen molar-refractivity contribution in [1.82, 2.24) is 15.1 Å². The highest BCUT2D eigenvalue weighted by molar-refractivity contribution is 6.33. The van der Waals surface area contributed by atoms with Gasteiger partial charge in [-0.1, -0.05) is 35.3 Å². The van der Waals surface area contributed by atoms with Gasteiger partial charge < -0.3 is 5.32 Å². The molecule has 0 radical (unpaired) electrons. The summed E-state index contributed by atoms with van der Waals surface area (Å²) in [5.74, 6) is -0.241. The summed E-state index contributed by atoms with van der Waals surface area (Å²) < 4.78 is 1.53. The molecule has 0 spiro atoms. The van der Waals surface area contributed by atoms with E-state index in [2.05, 4.69) is 10.4 Å². The zero-order valence-corrected chi connectivity index (χ0v) is 13.1. The van der Waals surface area contributed by atoms with Crippen molar-refractivity contribution in [3.05, 3.63) is 51.8 Å². The lowest BCUT2D eigenvalue weighted by Crippen LogP contribution is -2.50. The molecule has 21 heavy (non-hydrogen) atoms. The Balaban J connectivity index is 1.86. The maximum absolute atomic E-state index is 12.4. The molecule has 0 bridgehead atoms. The smallest absolute Gasteiger partial charge is 0.274 e. The van der Waals surface area contributed by atoms with Crippen LogP contribution in [0.2, 0.25) is 10.0 Å². The number of amides is 1. The van der Waals surface area contributed by atoms with Crippen LogP contribution in [0.25, 0.3) is 0 Å². The molecule has 2 aromatic rings. The number of nitrogens with one attached hydrogen (secondary N) is 1. The minimum absolute atomic E-state index is 0.241. The second-order valence-corrected chi connectivity index (χ2v) is 6.24. The molecule has 4 nitrogen and oxygen atoms in total. The van der Waals surface area contributed by atoms with Gasteiger partial charge in [-0.15, -0.1) is 0 Å². The number of carbonyl (C=O) groups is 1. The summed E-state index contributed by atoms with van der Waals surface area (Å²) in [5.41, 5.74) is 1.00. The molecule has 1 aliphatic rings. The quantitative estimate of drug-likeness (QED) is 0.939. The molecule has 0 atom stereocenters. The van der Waals surface area contributed by atoms with Crippen LogP contribution in [0.5, 0.6) is 0 Å². The lowest BCUT2D eigenvalue weighted by atomic mass is 9.71. The highest BCUT2D eigenvalue weighted by Gasteiger charge is 2.40. The molecule has 1 aromatic carbocycles. The van der Waals surface area contributed by atoms with Crippen LogP contribution in [-0.2, 0) is 12.6 Å². The van der Waals surface area contributed by atoms with E-state index < -0.39 is 0 Å². The summed E-state index contributed by atoms with van der Waals surface area (Å²) in [6.07, 6.45) is 4.51. The average molecular weight is 324 g/mol. The second-order valence-electron chi connectivity index (χ2n) is 5.40. The van der Waals surface area contributed by atoms with Gasteiger partial charge >= 0.3 is 0 Å². The van der Waals surface area contributed by atoms with Crippen LogP contribution in [0.3, 0.4) is 0 Å². The number of hydrogen-bond acceptors (Lipinski definition) is 2. The van der Waals surface area contributed by atoms with Gasteiger partial charge in [-0.05, 0) is 37.0 Å². The molecule has 0 unspecified atom stereocenters. The number of hydrogen-bond donors (Lipinski definition) is 1. The summed E-state index contributed by atoms with van der Waals surface area (Å²) in [4.78, 5) is 12.4. The number of rotatable bonds is 3. The number of aromatic nitrogens is 2. The van der Waals surface area contributed by atoms with E-state index in [1.54, 1.807) is 13.2 Å². The fourth-order valence-corrected chi connectivity index (χ4v) is 3.07. The minimum Gasteiger partial charge on any atom is -0.341 e. The molecular weight excluding hydrogens is 309 g/mol. The van der Waals surface area contributed by atoms with Gasteiger partial charge in [0.2, 0.25) is 0 Å². The Hall–Kier alpha value is -1.52. The van der Waals surface area contributed by atoms with Gasteiger partial charge in [0.1, 0.15) is 0 Å². The first-order valence-corrected chi connectivity index (χ1v) is 7.53. The number of benzene rings is 1. The summed E-state index contributed by atoms with van der Waals surface area (Å²) in [7, 11) is 1.74. The fraction of sp³-hybridized carbons (Fsp3) is 0.333. The first kappa shape index (κ1) is 14.4. The van der Waals surface area contributed by atoms with Crippen molar-refractivity contribution in [2.75, 3.05) is 0 Å². The molecular formula is C15H15Cl2N3O. The van der Waals surface area contributed by atoms with Crippen LogP contribution in [-0.4, -0.2) is 15.7 Å². The largest absolute Gasteiger partial charge is 0.341 e. The molecule has 1 saturated carbocycles. The first-order valence-electron chi connectivity index (χ1n) is 6.78. The van der Waals surface area contributed by atoms with Crippen molar-refractivity contribution < 1.29 is 4.79 Å². The van der Waals surface area contributed by atoms with E-state index in [1.165, 1.54) is 4.68 Å². The Kier molecular flexibility index (Phi) is 3.68. The maximum atomic E-state index is 12.4. The molecule has 1 aliphatic carbocycles. The Morgan fingerprint density at radius 3 is 2.43 bits per heavy atom. The minimum atomic E-state index is -0.331. The van der Waals surface area contributed by atoms with Gasteiger partial charge in [0.25, 0.3) is 5.91 Å². The molecule has 0 saturated heterocycles. The third-order valence-electron chi connectivity index (χ3n) is 3.96. The van der Waals surface area contributed by atoms with Crippen molar-refractivity contribution >= 4 is 29.1 Å². The number of nitrogens with zero attached hydrogens (tertiary/aromatic N) is 2. The Morgan fingerprint density at radius 2 is 1.95 bits per heavy atom. The Morgan fingerprint density at radius 1 is 1.29 bits per heavy atom. The second kappa shape index (κ2) is 5.35. The van der Waals surface area contributed by atoms with Crippen LogP contribution in [0.4, 0.5) is 0 Å². The van der Waals surface area contributed by atoms with E-state index in [9.17, 15) is 4.79 Å². The van der Waals surface area contributed by atoms with Gasteiger partial charge in [-0.2, -0.15) is 5.10 Å². The molecule has 1 fully saturated rings. The predicted octanol–water partition coefficient (Wildman–Crippen LogP) is 3.54. The van der Waals surface area contributed by atoms with Gasteiger partial charge in [0, 0.05) is 18.3 Å². The van der Waals surface area contributed by atoms with Crippen LogP contribution in [0.15, 0.2) is 30.5 Å². The molecule has 6 heteroatoms. The maximum Gasteiger partial charge on any atom is 0.274 e. The third kappa shape index (κ3) is 2.65. The highest BCUT2D eigenvalue weighted by atomic mass is 35.5. The molecule has 3 rings (SSSR count). The van der Waals surface area contributed by atoms with Crippen molar-refractivity contribution in [2.45, 2.75) is 24.8 Å². The molecule has 1 heterocycles. The molecule has 0 aliphatic heterocycles. The fourth-order valence-electron chi connectivity index (χ4n) is 2.68. The summed E-state index contributed by atoms with van der Waals surface area (Å²) in [6, 6.07) is 7.61. The molecule has 1 aromatic heterocycles. The lowest BCUT2D eigenvalue weighted by Gasteiger charge is -2.43. The van der Waals surface area contributed by atoms with Gasteiger partial charge in [-0.25, -0.2) is 0 Å². The highest BCUT2D eigenvalue weighted by Crippen LogP contribution is 2.41. The normalized spacial score (nSPS) is 16.3. The topological polar surface area (TPSA) is 46.9 Å². The predicted molar refractivity (Wildman–Crippen MR) is 82.7 cm³/mol. The standard InChI is InChI=1S/C15H15Cl2N3O/c1-20-9-12(17)13(19-20)14(21)18-15(7-2-8-15)10-3-5-11(16)6-4-10/h3-6,9H,2,7-8H2,1H3,(H,18,21). The van der Waals surface area contributed by atoms with Crippen LogP contribution in [0.1, 0.15) is 35.3 Å². The SMILES string of the molecule is Cn1cc(Cl)c(C(=O)NC2(c3ccc(Cl)cc3)CCC2)n1. The zero-order chi connectivity index (χ0) is 15.0. The van der Waals surface area contributed by atoms with E-state index in [-0.39, 0.29) is 17.1 Å². The Bertz CT molecular complexity index is 675. The van der Waals surface area contributed by atoms with Crippen molar-refractivity contribution in [1.29, 1.82) is 0 Å². The van der Waals surface area contributed by atoms with Gasteiger partial charge in [0.05, 0.1) is 10.6 Å². The number of aryl methyl sites for hydroxylation is 1. The van der Waals surface area contributed by atoms with Crippen LogP contribution in [0, 0.1) is 0 Å². The van der Waals surface area contributed by atoms with Gasteiger partial charge in [-0.3, -0.25) is 9.48 Å². The van der Waals surface area contributed by atoms with E-state index in [4.69, 9.17) is 23.2 Å². The number of halogens is 2. The summed E-state index contributed by atoms with van der Waals surface area (Å²) in [6.45, 7) is 0. The van der Waals surface area contributed by atoms with E-state index in [0.717, 1.165) is 24.8 Å². The van der Waals surface area contributed by atoms with E-state index in [1.807, 2.05) is 24.3 Å². The van der Waals surface area contributed by atoms with E-state index in [0.29, 0.717) is 10.0 Å². The van der Waals surface area contributed by atoms with Crippen molar-refractivity contribution in [3.8, 4) is 0 Å². The van der Waals surface area contributed by atoms with Gasteiger partial charge in [0.15, 0.2) is 5.69 Å². The van der Waals surface area contributed by atoms with E-state index >= 15 is 0 Å². The molecule has 110 valence electrons. The van der Waals surface area contributed by atoms with Crippen LogP contribution < -0.4 is 5.32 Å². The monoisotopic (exact) mass is 323 g/mol. The first-order chi connectivity index (χ1) is 10.00. The zero-order valence-electron chi connectivity index (χ0n) is 11.6. The van der Waals surface area contributed by atoms with Crippen molar-refractivity contribution in [2.24, 2.45) is 7.05 Å². The lowest BCUT2D eigenvalue weighted by molar-refractivity contribution is 0.0817. The third-order valence-corrected chi connectivity index (χ3v) is 4.48. The van der Waals surface area contributed by atoms with Crippen LogP contribution >= 0.6 is 23.2 Å². The summed E-state index contributed by atoms with van der Waals surface area (Å²) in [5, 5.41) is 8.25. The molecule has 1 amide bonds. The van der Waals surface area contributed by atoms with Crippen molar-refractivity contribution in [3.63, 3.8) is 0 Å². The Labute approximate surface area is 133 Å². The number of carbonyl (C=O) groups excluding carboxylic acids is 1. The average Bonchev–Trinajstić information content (AvgIpc) is 2.74. The summed E-state index contributed by atoms with van der Waals surface area (Å²) >= 11 is 12.0.